The summed E-state index contributed by atoms with van der Waals surface area (Å²) in [6.07, 6.45) is 4.93. The lowest BCUT2D eigenvalue weighted by atomic mass is 10.2. The van der Waals surface area contributed by atoms with E-state index >= 15 is 0 Å². The Bertz CT molecular complexity index is 689. The highest BCUT2D eigenvalue weighted by Crippen LogP contribution is 2.10. The average Bonchev–Trinajstić information content (AvgIpc) is 2.99. The molecular weight excluding hydrogens is 258 g/mol. The first-order valence-corrected chi connectivity index (χ1v) is 6.62. The molecule has 0 aliphatic carbocycles. The highest BCUT2D eigenvalue weighted by atomic mass is 16.5. The van der Waals surface area contributed by atoms with Crippen molar-refractivity contribution in [1.29, 1.82) is 0 Å². The lowest BCUT2D eigenvalue weighted by molar-refractivity contribution is 0.0856. The molecule has 3 heterocycles. The minimum absolute atomic E-state index is 0.0479. The van der Waals surface area contributed by atoms with Crippen molar-refractivity contribution in [2.75, 3.05) is 13.2 Å². The number of carbonyl (C=O) groups is 1. The van der Waals surface area contributed by atoms with Crippen LogP contribution in [0.4, 0.5) is 0 Å². The molecular formula is C14H15N3O3. The van der Waals surface area contributed by atoms with Crippen molar-refractivity contribution < 1.29 is 9.53 Å². The largest absolute Gasteiger partial charge is 0.376 e. The molecule has 1 fully saturated rings. The minimum atomic E-state index is -0.406. The van der Waals surface area contributed by atoms with E-state index in [9.17, 15) is 9.59 Å². The lowest BCUT2D eigenvalue weighted by Crippen LogP contribution is -2.36. The van der Waals surface area contributed by atoms with E-state index in [0.29, 0.717) is 12.2 Å². The highest BCUT2D eigenvalue weighted by Gasteiger charge is 2.18. The van der Waals surface area contributed by atoms with Gasteiger partial charge in [0.2, 0.25) is 0 Å². The van der Waals surface area contributed by atoms with Gasteiger partial charge in [-0.3, -0.25) is 14.0 Å². The van der Waals surface area contributed by atoms with Crippen LogP contribution in [0.5, 0.6) is 0 Å². The molecule has 2 aromatic heterocycles. The van der Waals surface area contributed by atoms with Crippen molar-refractivity contribution in [2.24, 2.45) is 0 Å². The predicted molar refractivity (Wildman–Crippen MR) is 72.8 cm³/mol. The Labute approximate surface area is 115 Å². The van der Waals surface area contributed by atoms with Crippen molar-refractivity contribution in [1.82, 2.24) is 14.7 Å². The number of aromatic nitrogens is 2. The Morgan fingerprint density at radius 3 is 3.20 bits per heavy atom. The van der Waals surface area contributed by atoms with Gasteiger partial charge in [0.25, 0.3) is 11.5 Å². The number of ether oxygens (including phenoxy) is 1. The van der Waals surface area contributed by atoms with Crippen molar-refractivity contribution in [3.05, 3.63) is 46.5 Å². The fourth-order valence-electron chi connectivity index (χ4n) is 2.29. The lowest BCUT2D eigenvalue weighted by Gasteiger charge is -2.10. The highest BCUT2D eigenvalue weighted by molar-refractivity contribution is 5.93. The number of pyridine rings is 1. The summed E-state index contributed by atoms with van der Waals surface area (Å²) in [5.74, 6) is -0.406. The molecule has 1 amide bonds. The van der Waals surface area contributed by atoms with Gasteiger partial charge in [-0.2, -0.15) is 0 Å². The van der Waals surface area contributed by atoms with Crippen LogP contribution in [-0.2, 0) is 4.74 Å². The number of hydrogen-bond acceptors (Lipinski definition) is 4. The maximum Gasteiger partial charge on any atom is 0.270 e. The van der Waals surface area contributed by atoms with Gasteiger partial charge >= 0.3 is 0 Å². The summed E-state index contributed by atoms with van der Waals surface area (Å²) in [4.78, 5) is 28.4. The Hall–Kier alpha value is -2.21. The van der Waals surface area contributed by atoms with Crippen LogP contribution in [0.2, 0.25) is 0 Å². The van der Waals surface area contributed by atoms with Gasteiger partial charge in [0.15, 0.2) is 0 Å². The minimum Gasteiger partial charge on any atom is -0.376 e. The number of hydrogen-bond donors (Lipinski definition) is 1. The summed E-state index contributed by atoms with van der Waals surface area (Å²) in [5.41, 5.74) is 0.209. The smallest absolute Gasteiger partial charge is 0.270 e. The van der Waals surface area contributed by atoms with Crippen molar-refractivity contribution >= 4 is 11.6 Å². The summed E-state index contributed by atoms with van der Waals surface area (Å²) in [6.45, 7) is 1.16. The molecule has 3 rings (SSSR count). The third kappa shape index (κ3) is 2.42. The van der Waals surface area contributed by atoms with Crippen LogP contribution in [0.3, 0.4) is 0 Å². The molecule has 1 N–H and O–H groups in total. The molecule has 20 heavy (non-hydrogen) atoms. The van der Waals surface area contributed by atoms with E-state index in [1.165, 1.54) is 10.6 Å². The standard InChI is InChI=1S/C14H15N3O3/c18-13(16-8-10-4-3-7-20-10)11-9-15-12-5-1-2-6-17(12)14(11)19/h1-2,5-6,9-10H,3-4,7-8H2,(H,16,18)/t10-/m0/s1. The molecule has 0 saturated carbocycles. The second-order valence-corrected chi connectivity index (χ2v) is 4.75. The Kier molecular flexibility index (Phi) is 3.47. The maximum absolute atomic E-state index is 12.2. The van der Waals surface area contributed by atoms with Gasteiger partial charge in [-0.15, -0.1) is 0 Å². The molecule has 0 bridgehead atoms. The molecule has 0 spiro atoms. The zero-order valence-corrected chi connectivity index (χ0v) is 10.9. The molecule has 1 aliphatic heterocycles. The number of fused-ring (bicyclic) bond motifs is 1. The predicted octanol–water partition coefficient (Wildman–Crippen LogP) is 0.603. The van der Waals surface area contributed by atoms with Gasteiger partial charge in [-0.25, -0.2) is 4.98 Å². The van der Waals surface area contributed by atoms with Gasteiger partial charge in [-0.1, -0.05) is 6.07 Å². The van der Waals surface area contributed by atoms with Crippen molar-refractivity contribution in [3.8, 4) is 0 Å². The van der Waals surface area contributed by atoms with Gasteiger partial charge < -0.3 is 10.1 Å². The van der Waals surface area contributed by atoms with E-state index < -0.39 is 5.91 Å². The summed E-state index contributed by atoms with van der Waals surface area (Å²) >= 11 is 0. The van der Waals surface area contributed by atoms with Crippen LogP contribution in [0.25, 0.3) is 5.65 Å². The summed E-state index contributed by atoms with van der Waals surface area (Å²) in [6, 6.07) is 5.23. The zero-order valence-electron chi connectivity index (χ0n) is 10.9. The molecule has 1 saturated heterocycles. The summed E-state index contributed by atoms with van der Waals surface area (Å²) < 4.78 is 6.79. The van der Waals surface area contributed by atoms with E-state index in [4.69, 9.17) is 4.74 Å². The van der Waals surface area contributed by atoms with Crippen LogP contribution < -0.4 is 10.9 Å². The summed E-state index contributed by atoms with van der Waals surface area (Å²) in [7, 11) is 0. The molecule has 0 radical (unpaired) electrons. The third-order valence-corrected chi connectivity index (χ3v) is 3.37. The van der Waals surface area contributed by atoms with Crippen LogP contribution >= 0.6 is 0 Å². The topological polar surface area (TPSA) is 72.7 Å². The van der Waals surface area contributed by atoms with Gasteiger partial charge in [0, 0.05) is 25.5 Å². The fourth-order valence-corrected chi connectivity index (χ4v) is 2.29. The summed E-state index contributed by atoms with van der Waals surface area (Å²) in [5, 5.41) is 2.73. The van der Waals surface area contributed by atoms with Crippen molar-refractivity contribution in [2.45, 2.75) is 18.9 Å². The van der Waals surface area contributed by atoms with Gasteiger partial charge in [-0.05, 0) is 25.0 Å². The van der Waals surface area contributed by atoms with Crippen LogP contribution in [-0.4, -0.2) is 34.5 Å². The third-order valence-electron chi connectivity index (χ3n) is 3.37. The first-order chi connectivity index (χ1) is 9.75. The van der Waals surface area contributed by atoms with Gasteiger partial charge in [0.1, 0.15) is 11.2 Å². The maximum atomic E-state index is 12.2. The van der Waals surface area contributed by atoms with Crippen LogP contribution in [0, 0.1) is 0 Å². The van der Waals surface area contributed by atoms with E-state index in [2.05, 4.69) is 10.3 Å². The molecule has 0 unspecified atom stereocenters. The number of rotatable bonds is 3. The number of nitrogens with one attached hydrogen (secondary N) is 1. The number of nitrogens with zero attached hydrogens (tertiary/aromatic N) is 2. The Morgan fingerprint density at radius 2 is 2.40 bits per heavy atom. The quantitative estimate of drug-likeness (QED) is 0.889. The van der Waals surface area contributed by atoms with Gasteiger partial charge in [0.05, 0.1) is 6.10 Å². The Morgan fingerprint density at radius 1 is 1.50 bits per heavy atom. The average molecular weight is 273 g/mol. The normalized spacial score (nSPS) is 18.3. The monoisotopic (exact) mass is 273 g/mol. The zero-order chi connectivity index (χ0) is 13.9. The molecule has 6 nitrogen and oxygen atoms in total. The second-order valence-electron chi connectivity index (χ2n) is 4.75. The molecule has 6 heteroatoms. The first kappa shape index (κ1) is 12.8. The van der Waals surface area contributed by atoms with E-state index in [-0.39, 0.29) is 17.2 Å². The van der Waals surface area contributed by atoms with E-state index in [1.807, 2.05) is 0 Å². The van der Waals surface area contributed by atoms with Crippen LogP contribution in [0.1, 0.15) is 23.2 Å². The van der Waals surface area contributed by atoms with E-state index in [0.717, 1.165) is 19.4 Å². The number of amides is 1. The fraction of sp³-hybridized carbons (Fsp3) is 0.357. The van der Waals surface area contributed by atoms with Crippen LogP contribution in [0.15, 0.2) is 35.4 Å². The molecule has 1 aliphatic rings. The second kappa shape index (κ2) is 5.42. The SMILES string of the molecule is O=C(NC[C@@H]1CCCO1)c1cnc2ccccn2c1=O. The Balaban J connectivity index is 1.80. The van der Waals surface area contributed by atoms with E-state index in [1.54, 1.807) is 24.4 Å². The first-order valence-electron chi connectivity index (χ1n) is 6.62. The van der Waals surface area contributed by atoms with Crippen molar-refractivity contribution in [3.63, 3.8) is 0 Å². The molecule has 1 atom stereocenters. The number of carbonyl (C=O) groups excluding carboxylic acids is 1. The molecule has 2 aromatic rings. The molecule has 104 valence electrons. The molecule has 0 aromatic carbocycles.